The monoisotopic (exact) mass is 138 g/mol. The van der Waals surface area contributed by atoms with Gasteiger partial charge in [0.05, 0.1) is 6.26 Å². The van der Waals surface area contributed by atoms with Crippen molar-refractivity contribution in [3.8, 4) is 0 Å². The van der Waals surface area contributed by atoms with Gasteiger partial charge in [-0.25, -0.2) is 0 Å². The molecular weight excluding hydrogens is 130 g/mol. The Balaban J connectivity index is 2.48. The van der Waals surface area contributed by atoms with Crippen LogP contribution in [-0.2, 0) is 4.79 Å². The van der Waals surface area contributed by atoms with Gasteiger partial charge >= 0.3 is 0 Å². The minimum atomic E-state index is -0.157. The van der Waals surface area contributed by atoms with E-state index in [0.717, 1.165) is 0 Å². The molecule has 1 amide bonds. The maximum atomic E-state index is 10.7. The van der Waals surface area contributed by atoms with Crippen LogP contribution in [0.2, 0.25) is 0 Å². The quantitative estimate of drug-likeness (QED) is 0.620. The van der Waals surface area contributed by atoms with Gasteiger partial charge in [0.15, 0.2) is 0 Å². The Labute approximate surface area is 59.0 Å². The lowest BCUT2D eigenvalue weighted by Gasteiger charge is -1.91. The summed E-state index contributed by atoms with van der Waals surface area (Å²) >= 11 is 0. The van der Waals surface area contributed by atoms with E-state index in [1.54, 1.807) is 19.1 Å². The number of nitrogens with zero attached hydrogens (tertiary/aromatic N) is 1. The molecule has 1 rings (SSSR count). The Bertz CT molecular complexity index is 203. The fourth-order valence-electron chi connectivity index (χ4n) is 0.535. The third kappa shape index (κ3) is 1.62. The number of amides is 1. The predicted octanol–water partition coefficient (Wildman–Crippen LogP) is 1.45. The molecule has 0 unspecified atom stereocenters. The van der Waals surface area contributed by atoms with Crippen molar-refractivity contribution in [3.63, 3.8) is 0 Å². The highest BCUT2D eigenvalue weighted by Gasteiger charge is 2.01. The van der Waals surface area contributed by atoms with Gasteiger partial charge < -0.3 is 4.42 Å². The lowest BCUT2D eigenvalue weighted by atomic mass is 10.4. The van der Waals surface area contributed by atoms with Gasteiger partial charge in [-0.1, -0.05) is 6.92 Å². The van der Waals surface area contributed by atoms with E-state index in [1.165, 1.54) is 6.26 Å². The molecule has 1 aromatic rings. The van der Waals surface area contributed by atoms with Crippen LogP contribution in [0.1, 0.15) is 13.3 Å². The maximum Gasteiger partial charge on any atom is 0.248 e. The van der Waals surface area contributed by atoms with Crippen LogP contribution in [0.4, 0.5) is 5.88 Å². The minimum Gasteiger partial charge on any atom is -0.447 e. The third-order valence-corrected chi connectivity index (χ3v) is 1.04. The number of carbonyl (C=O) groups is 1. The van der Waals surface area contributed by atoms with E-state index >= 15 is 0 Å². The fourth-order valence-corrected chi connectivity index (χ4v) is 0.535. The first kappa shape index (κ1) is 6.86. The molecule has 1 radical (unpaired) electrons. The number of carbonyl (C=O) groups excluding carboxylic acids is 1. The largest absolute Gasteiger partial charge is 0.447 e. The lowest BCUT2D eigenvalue weighted by Crippen LogP contribution is -2.06. The van der Waals surface area contributed by atoms with E-state index in [9.17, 15) is 4.79 Å². The summed E-state index contributed by atoms with van der Waals surface area (Å²) in [4.78, 5) is 10.7. The second-order valence-corrected chi connectivity index (χ2v) is 1.81. The summed E-state index contributed by atoms with van der Waals surface area (Å²) in [5.74, 6) is 0.224. The first-order valence-corrected chi connectivity index (χ1v) is 3.11. The highest BCUT2D eigenvalue weighted by molar-refractivity contribution is 5.78. The van der Waals surface area contributed by atoms with Crippen molar-refractivity contribution in [2.24, 2.45) is 0 Å². The normalized spacial score (nSPS) is 9.30. The molecule has 1 aromatic heterocycles. The van der Waals surface area contributed by atoms with E-state index in [0.29, 0.717) is 12.3 Å². The molecule has 0 spiro atoms. The summed E-state index contributed by atoms with van der Waals surface area (Å²) in [7, 11) is 0. The molecule has 0 aliphatic carbocycles. The second-order valence-electron chi connectivity index (χ2n) is 1.81. The standard InChI is InChI=1S/C7H8NO2/c1-2-6(9)8-7-4-3-5-10-7/h3-5H,2H2,1H3. The summed E-state index contributed by atoms with van der Waals surface area (Å²) < 4.78 is 4.82. The van der Waals surface area contributed by atoms with Crippen molar-refractivity contribution in [1.82, 2.24) is 5.32 Å². The maximum absolute atomic E-state index is 10.7. The van der Waals surface area contributed by atoms with Crippen LogP contribution in [0.3, 0.4) is 0 Å². The molecule has 3 nitrogen and oxygen atoms in total. The summed E-state index contributed by atoms with van der Waals surface area (Å²) in [5, 5.41) is 3.63. The van der Waals surface area contributed by atoms with E-state index in [1.807, 2.05) is 0 Å². The van der Waals surface area contributed by atoms with Crippen LogP contribution >= 0.6 is 0 Å². The van der Waals surface area contributed by atoms with Crippen LogP contribution in [-0.4, -0.2) is 5.91 Å². The van der Waals surface area contributed by atoms with Crippen LogP contribution in [0.15, 0.2) is 22.8 Å². The fraction of sp³-hybridized carbons (Fsp3) is 0.286. The summed E-state index contributed by atoms with van der Waals surface area (Å²) in [6, 6.07) is 3.34. The lowest BCUT2D eigenvalue weighted by molar-refractivity contribution is -0.120. The molecule has 0 aliphatic rings. The predicted molar refractivity (Wildman–Crippen MR) is 35.8 cm³/mol. The van der Waals surface area contributed by atoms with E-state index in [-0.39, 0.29) is 5.91 Å². The van der Waals surface area contributed by atoms with Crippen LogP contribution in [0, 0.1) is 0 Å². The van der Waals surface area contributed by atoms with Crippen molar-refractivity contribution in [1.29, 1.82) is 0 Å². The molecule has 3 heteroatoms. The molecule has 0 aromatic carbocycles. The van der Waals surface area contributed by atoms with Crippen LogP contribution in [0.25, 0.3) is 0 Å². The van der Waals surface area contributed by atoms with Gasteiger partial charge in [0, 0.05) is 12.5 Å². The van der Waals surface area contributed by atoms with Gasteiger partial charge in [0.25, 0.3) is 0 Å². The van der Waals surface area contributed by atoms with E-state index in [2.05, 4.69) is 5.32 Å². The van der Waals surface area contributed by atoms with Crippen molar-refractivity contribution >= 4 is 11.8 Å². The first-order chi connectivity index (χ1) is 4.83. The van der Waals surface area contributed by atoms with Gasteiger partial charge in [0.2, 0.25) is 11.8 Å². The summed E-state index contributed by atoms with van der Waals surface area (Å²) in [6.45, 7) is 1.76. The number of rotatable bonds is 2. The SMILES string of the molecule is CCC(=O)[N]c1ccco1. The Kier molecular flexibility index (Phi) is 2.10. The number of hydrogen-bond donors (Lipinski definition) is 0. The average molecular weight is 138 g/mol. The molecule has 0 N–H and O–H groups in total. The topological polar surface area (TPSA) is 44.3 Å². The third-order valence-electron chi connectivity index (χ3n) is 1.04. The molecular formula is C7H8NO2. The van der Waals surface area contributed by atoms with Crippen LogP contribution < -0.4 is 5.32 Å². The molecule has 0 atom stereocenters. The average Bonchev–Trinajstić information content (AvgIpc) is 2.40. The van der Waals surface area contributed by atoms with Gasteiger partial charge in [0.1, 0.15) is 0 Å². The van der Waals surface area contributed by atoms with Crippen molar-refractivity contribution < 1.29 is 9.21 Å². The van der Waals surface area contributed by atoms with E-state index in [4.69, 9.17) is 4.42 Å². The smallest absolute Gasteiger partial charge is 0.248 e. The molecule has 0 bridgehead atoms. The van der Waals surface area contributed by atoms with Crippen molar-refractivity contribution in [2.45, 2.75) is 13.3 Å². The summed E-state index contributed by atoms with van der Waals surface area (Å²) in [6.07, 6.45) is 1.91. The van der Waals surface area contributed by atoms with Gasteiger partial charge in [-0.3, -0.25) is 4.79 Å². The van der Waals surface area contributed by atoms with Crippen LogP contribution in [0.5, 0.6) is 0 Å². The Morgan fingerprint density at radius 2 is 2.60 bits per heavy atom. The zero-order valence-corrected chi connectivity index (χ0v) is 5.70. The highest BCUT2D eigenvalue weighted by atomic mass is 16.3. The van der Waals surface area contributed by atoms with Crippen molar-refractivity contribution in [3.05, 3.63) is 18.4 Å². The summed E-state index contributed by atoms with van der Waals surface area (Å²) in [5.41, 5.74) is 0. The Hall–Kier alpha value is -1.25. The molecule has 0 saturated carbocycles. The first-order valence-electron chi connectivity index (χ1n) is 3.11. The minimum absolute atomic E-state index is 0.157. The Morgan fingerprint density at radius 1 is 1.80 bits per heavy atom. The second kappa shape index (κ2) is 3.06. The van der Waals surface area contributed by atoms with Crippen molar-refractivity contribution in [2.75, 3.05) is 0 Å². The Morgan fingerprint density at radius 3 is 3.10 bits per heavy atom. The molecule has 0 aliphatic heterocycles. The molecule has 53 valence electrons. The zero-order chi connectivity index (χ0) is 7.40. The van der Waals surface area contributed by atoms with Gasteiger partial charge in [-0.2, -0.15) is 5.32 Å². The zero-order valence-electron chi connectivity index (χ0n) is 5.70. The molecule has 1 heterocycles. The molecule has 10 heavy (non-hydrogen) atoms. The number of furan rings is 1. The molecule has 0 fully saturated rings. The van der Waals surface area contributed by atoms with E-state index < -0.39 is 0 Å². The van der Waals surface area contributed by atoms with Gasteiger partial charge in [-0.15, -0.1) is 0 Å². The number of hydrogen-bond acceptors (Lipinski definition) is 2. The van der Waals surface area contributed by atoms with Gasteiger partial charge in [-0.05, 0) is 6.07 Å². The highest BCUT2D eigenvalue weighted by Crippen LogP contribution is 2.06. The molecule has 0 saturated heterocycles.